The molecule has 0 aliphatic heterocycles. The summed E-state index contributed by atoms with van der Waals surface area (Å²) in [6, 6.07) is 18.4. The molecule has 4 nitrogen and oxygen atoms in total. The monoisotopic (exact) mass is 489 g/mol. The summed E-state index contributed by atoms with van der Waals surface area (Å²) in [7, 11) is 1.61. The lowest BCUT2D eigenvalue weighted by Crippen LogP contribution is -2.25. The highest BCUT2D eigenvalue weighted by Crippen LogP contribution is 2.38. The number of methoxy groups -OCH3 is 1. The second kappa shape index (κ2) is 11.8. The summed E-state index contributed by atoms with van der Waals surface area (Å²) in [4.78, 5) is 12.8. The number of hydrogen-bond acceptors (Lipinski definition) is 3. The van der Waals surface area contributed by atoms with Crippen molar-refractivity contribution in [3.05, 3.63) is 71.3 Å². The highest BCUT2D eigenvalue weighted by atomic mass is 16.5. The van der Waals surface area contributed by atoms with Gasteiger partial charge in [0.2, 0.25) is 0 Å². The molecule has 0 fully saturated rings. The average molecular weight is 490 g/mol. The number of amides is 1. The molecule has 3 aromatic rings. The minimum atomic E-state index is -0.111. The van der Waals surface area contributed by atoms with E-state index in [1.807, 2.05) is 36.4 Å². The summed E-state index contributed by atoms with van der Waals surface area (Å²) in [6.07, 6.45) is 3.85. The Morgan fingerprint density at radius 1 is 0.889 bits per heavy atom. The van der Waals surface area contributed by atoms with Crippen LogP contribution in [0.3, 0.4) is 0 Å². The van der Waals surface area contributed by atoms with Crippen molar-refractivity contribution in [1.82, 2.24) is 5.32 Å². The Morgan fingerprint density at radius 2 is 1.61 bits per heavy atom. The minimum Gasteiger partial charge on any atom is -0.495 e. The van der Waals surface area contributed by atoms with Crippen molar-refractivity contribution in [2.45, 2.75) is 78.1 Å². The van der Waals surface area contributed by atoms with Gasteiger partial charge < -0.3 is 14.8 Å². The van der Waals surface area contributed by atoms with Crippen molar-refractivity contribution in [2.75, 3.05) is 20.3 Å². The van der Waals surface area contributed by atoms with Crippen molar-refractivity contribution in [1.29, 1.82) is 0 Å². The van der Waals surface area contributed by atoms with Crippen LogP contribution in [0, 0.1) is 0 Å². The maximum atomic E-state index is 12.8. The van der Waals surface area contributed by atoms with E-state index in [9.17, 15) is 4.79 Å². The van der Waals surface area contributed by atoms with Crippen molar-refractivity contribution in [2.24, 2.45) is 0 Å². The molecule has 3 aromatic carbocycles. The predicted molar refractivity (Wildman–Crippen MR) is 151 cm³/mol. The number of ether oxygens (including phenoxy) is 2. The zero-order valence-corrected chi connectivity index (χ0v) is 23.2. The lowest BCUT2D eigenvalue weighted by atomic mass is 9.76. The molecule has 0 atom stereocenters. The number of nitrogens with one attached hydrogen (secondary N) is 1. The molecule has 1 N–H and O–H groups in total. The number of unbranched alkanes of at least 4 members (excludes halogenated alkanes) is 1. The fourth-order valence-electron chi connectivity index (χ4n) is 4.35. The summed E-state index contributed by atoms with van der Waals surface area (Å²) in [6.45, 7) is 14.9. The van der Waals surface area contributed by atoms with Gasteiger partial charge in [-0.05, 0) is 59.6 Å². The van der Waals surface area contributed by atoms with Gasteiger partial charge in [0.25, 0.3) is 5.91 Å². The minimum absolute atomic E-state index is 0.0437. The van der Waals surface area contributed by atoms with E-state index in [0.29, 0.717) is 24.5 Å². The van der Waals surface area contributed by atoms with Crippen molar-refractivity contribution < 1.29 is 14.3 Å². The number of rotatable bonds is 12. The molecule has 0 spiro atoms. The van der Waals surface area contributed by atoms with Crippen molar-refractivity contribution in [3.8, 4) is 11.5 Å². The number of benzene rings is 3. The molecule has 0 aliphatic carbocycles. The Morgan fingerprint density at radius 3 is 2.31 bits per heavy atom. The predicted octanol–water partition coefficient (Wildman–Crippen LogP) is 7.81. The topological polar surface area (TPSA) is 47.6 Å². The molecule has 0 aliphatic rings. The normalized spacial score (nSPS) is 12.0. The second-order valence-electron chi connectivity index (χ2n) is 10.9. The molecule has 0 saturated heterocycles. The molecule has 1 amide bonds. The van der Waals surface area contributed by atoms with Gasteiger partial charge in [0.15, 0.2) is 0 Å². The Kier molecular flexibility index (Phi) is 9.05. The molecule has 0 saturated carbocycles. The lowest BCUT2D eigenvalue weighted by Gasteiger charge is -2.30. The third kappa shape index (κ3) is 6.21. The molecule has 36 heavy (non-hydrogen) atoms. The van der Waals surface area contributed by atoms with E-state index in [1.54, 1.807) is 7.11 Å². The van der Waals surface area contributed by atoms with Gasteiger partial charge in [0.1, 0.15) is 11.5 Å². The van der Waals surface area contributed by atoms with E-state index in [2.05, 4.69) is 65.1 Å². The number of carbonyl (C=O) groups is 1. The van der Waals surface area contributed by atoms with Gasteiger partial charge in [-0.25, -0.2) is 0 Å². The van der Waals surface area contributed by atoms with E-state index in [1.165, 1.54) is 11.1 Å². The Labute approximate surface area is 217 Å². The van der Waals surface area contributed by atoms with Crippen LogP contribution in [0.5, 0.6) is 11.5 Å². The van der Waals surface area contributed by atoms with Crippen LogP contribution in [0.4, 0.5) is 0 Å². The second-order valence-corrected chi connectivity index (χ2v) is 10.9. The van der Waals surface area contributed by atoms with Crippen LogP contribution in [-0.4, -0.2) is 26.2 Å². The summed E-state index contributed by atoms with van der Waals surface area (Å²) >= 11 is 0. The molecule has 0 aromatic heterocycles. The first-order chi connectivity index (χ1) is 17.1. The quantitative estimate of drug-likeness (QED) is 0.264. The highest BCUT2D eigenvalue weighted by Gasteiger charge is 2.26. The van der Waals surface area contributed by atoms with E-state index in [4.69, 9.17) is 9.47 Å². The molecular weight excluding hydrogens is 446 g/mol. The maximum absolute atomic E-state index is 12.8. The molecule has 3 rings (SSSR count). The Hall–Kier alpha value is -3.01. The smallest absolute Gasteiger partial charge is 0.255 e. The van der Waals surface area contributed by atoms with E-state index in [-0.39, 0.29) is 16.7 Å². The molecule has 4 heteroatoms. The van der Waals surface area contributed by atoms with E-state index < -0.39 is 0 Å². The number of hydrogen-bond donors (Lipinski definition) is 1. The fourth-order valence-corrected chi connectivity index (χ4v) is 4.35. The molecule has 0 unspecified atom stereocenters. The first-order valence-electron chi connectivity index (χ1n) is 13.3. The van der Waals surface area contributed by atoms with Crippen molar-refractivity contribution >= 4 is 16.7 Å². The van der Waals surface area contributed by atoms with Crippen LogP contribution in [-0.2, 0) is 10.8 Å². The van der Waals surface area contributed by atoms with Crippen LogP contribution in [0.2, 0.25) is 0 Å². The zero-order valence-electron chi connectivity index (χ0n) is 23.2. The Bertz CT molecular complexity index is 1180. The van der Waals surface area contributed by atoms with Gasteiger partial charge in [-0.2, -0.15) is 0 Å². The van der Waals surface area contributed by atoms with Gasteiger partial charge >= 0.3 is 0 Å². The van der Waals surface area contributed by atoms with Gasteiger partial charge in [-0.15, -0.1) is 0 Å². The standard InChI is InChI=1S/C32H43NO3/c1-8-31(3,4)24-17-19-28(27(22-24)32(5,6)9-2)36-21-13-12-20-33-30(34)26-18-16-23-14-10-11-15-25(23)29(26)35-7/h10-11,14-19,22H,8-9,12-13,20-21H2,1-7H3,(H,33,34). The molecule has 0 bridgehead atoms. The fraction of sp³-hybridized carbons (Fsp3) is 0.469. The van der Waals surface area contributed by atoms with E-state index >= 15 is 0 Å². The maximum Gasteiger partial charge on any atom is 0.255 e. The van der Waals surface area contributed by atoms with Crippen LogP contribution in [0.25, 0.3) is 10.8 Å². The zero-order chi connectivity index (χ0) is 26.3. The number of carbonyl (C=O) groups excluding carboxylic acids is 1. The van der Waals surface area contributed by atoms with Gasteiger partial charge in [-0.1, -0.05) is 84.0 Å². The van der Waals surface area contributed by atoms with Crippen LogP contribution < -0.4 is 14.8 Å². The van der Waals surface area contributed by atoms with Gasteiger partial charge in [0.05, 0.1) is 19.3 Å². The first kappa shape index (κ1) is 27.6. The van der Waals surface area contributed by atoms with Gasteiger partial charge in [-0.3, -0.25) is 4.79 Å². The summed E-state index contributed by atoms with van der Waals surface area (Å²) in [5, 5.41) is 5.04. The van der Waals surface area contributed by atoms with Gasteiger partial charge in [0, 0.05) is 17.5 Å². The highest BCUT2D eigenvalue weighted by molar-refractivity contribution is 6.03. The van der Waals surface area contributed by atoms with Crippen LogP contribution in [0.15, 0.2) is 54.6 Å². The average Bonchev–Trinajstić information content (AvgIpc) is 2.89. The van der Waals surface area contributed by atoms with E-state index in [0.717, 1.165) is 42.2 Å². The molecule has 194 valence electrons. The molecule has 0 radical (unpaired) electrons. The third-order valence-corrected chi connectivity index (χ3v) is 7.70. The largest absolute Gasteiger partial charge is 0.495 e. The molecule has 0 heterocycles. The van der Waals surface area contributed by atoms with Crippen LogP contribution in [0.1, 0.15) is 88.7 Å². The lowest BCUT2D eigenvalue weighted by molar-refractivity contribution is 0.0949. The van der Waals surface area contributed by atoms with Crippen LogP contribution >= 0.6 is 0 Å². The SMILES string of the molecule is CCC(C)(C)c1ccc(OCCCCNC(=O)c2ccc3ccccc3c2OC)c(C(C)(C)CC)c1. The van der Waals surface area contributed by atoms with Crippen molar-refractivity contribution in [3.63, 3.8) is 0 Å². The first-order valence-corrected chi connectivity index (χ1v) is 13.3. The molecular formula is C32H43NO3. The summed E-state index contributed by atoms with van der Waals surface area (Å²) in [5.41, 5.74) is 3.39. The summed E-state index contributed by atoms with van der Waals surface area (Å²) < 4.78 is 11.8. The third-order valence-electron chi connectivity index (χ3n) is 7.70. The summed E-state index contributed by atoms with van der Waals surface area (Å²) in [5.74, 6) is 1.48. The Balaban J connectivity index is 1.57. The number of fused-ring (bicyclic) bond motifs is 1.